The summed E-state index contributed by atoms with van der Waals surface area (Å²) < 4.78 is 11.7. The summed E-state index contributed by atoms with van der Waals surface area (Å²) in [6.45, 7) is 6.28. The van der Waals surface area contributed by atoms with Gasteiger partial charge in [0.25, 0.3) is 0 Å². The smallest absolute Gasteiger partial charge is 0.115 e. The van der Waals surface area contributed by atoms with Crippen LogP contribution in [0.4, 0.5) is 4.39 Å². The van der Waals surface area contributed by atoms with E-state index in [0.29, 0.717) is 0 Å². The third kappa shape index (κ3) is 13.5. The van der Waals surface area contributed by atoms with Crippen LogP contribution in [0.1, 0.15) is 32.8 Å². The van der Waals surface area contributed by atoms with Gasteiger partial charge < -0.3 is 0 Å². The van der Waals surface area contributed by atoms with Gasteiger partial charge in [0.2, 0.25) is 0 Å². The fourth-order valence-corrected chi connectivity index (χ4v) is 0.567. The first-order valence-corrected chi connectivity index (χ1v) is 6.14. The Labute approximate surface area is 99.3 Å². The minimum atomic E-state index is -0.360. The Balaban J connectivity index is 0. The molecule has 0 bridgehead atoms. The molecular weight excluding hydrogens is 207 g/mol. The number of alkyl halides is 1. The molecule has 0 radical (unpaired) electrons. The quantitative estimate of drug-likeness (QED) is 0.696. The van der Waals surface area contributed by atoms with Gasteiger partial charge in [0.15, 0.2) is 0 Å². The van der Waals surface area contributed by atoms with E-state index in [1.807, 2.05) is 18.2 Å². The Morgan fingerprint density at radius 3 is 1.73 bits per heavy atom. The number of thiol groups is 1. The third-order valence-electron chi connectivity index (χ3n) is 1.81. The van der Waals surface area contributed by atoms with Crippen molar-refractivity contribution >= 4 is 12.6 Å². The van der Waals surface area contributed by atoms with Crippen molar-refractivity contribution in [3.05, 3.63) is 35.9 Å². The van der Waals surface area contributed by atoms with Crippen molar-refractivity contribution in [3.8, 4) is 0 Å². The van der Waals surface area contributed by atoms with E-state index >= 15 is 0 Å². The van der Waals surface area contributed by atoms with Crippen molar-refractivity contribution < 1.29 is 4.39 Å². The van der Waals surface area contributed by atoms with E-state index in [-0.39, 0.29) is 6.67 Å². The topological polar surface area (TPSA) is 0 Å². The molecule has 0 atom stereocenters. The van der Waals surface area contributed by atoms with Gasteiger partial charge in [-0.1, -0.05) is 57.5 Å². The molecule has 0 aliphatic heterocycles. The molecule has 0 saturated carbocycles. The highest BCUT2D eigenvalue weighted by Crippen LogP contribution is 1.98. The zero-order valence-electron chi connectivity index (χ0n) is 10.2. The normalized spacial score (nSPS) is 8.47. The van der Waals surface area contributed by atoms with Crippen molar-refractivity contribution in [2.75, 3.05) is 6.26 Å². The van der Waals surface area contributed by atoms with E-state index in [1.165, 1.54) is 6.42 Å². The number of hydrogen-bond acceptors (Lipinski definition) is 1. The Morgan fingerprint density at radius 2 is 1.53 bits per heavy atom. The van der Waals surface area contributed by atoms with E-state index in [2.05, 4.69) is 33.4 Å². The molecule has 0 aromatic heterocycles. The number of halogens is 1. The first-order valence-electron chi connectivity index (χ1n) is 5.25. The lowest BCUT2D eigenvalue weighted by atomic mass is 10.2. The van der Waals surface area contributed by atoms with Gasteiger partial charge in [-0.15, -0.1) is 0 Å². The Bertz CT molecular complexity index is 197. The van der Waals surface area contributed by atoms with Gasteiger partial charge in [-0.25, -0.2) is 4.39 Å². The Hall–Kier alpha value is -0.500. The molecule has 0 unspecified atom stereocenters. The first kappa shape index (κ1) is 16.9. The fourth-order valence-electron chi connectivity index (χ4n) is 0.567. The lowest BCUT2D eigenvalue weighted by Gasteiger charge is -1.90. The van der Waals surface area contributed by atoms with Gasteiger partial charge in [-0.2, -0.15) is 12.6 Å². The maximum Gasteiger partial charge on any atom is 0.115 e. The van der Waals surface area contributed by atoms with Gasteiger partial charge in [0, 0.05) is 0 Å². The first-order chi connectivity index (χ1) is 7.20. The summed E-state index contributed by atoms with van der Waals surface area (Å²) in [6.07, 6.45) is 3.00. The summed E-state index contributed by atoms with van der Waals surface area (Å²) in [5.41, 5.74) is 0.743. The third-order valence-corrected chi connectivity index (χ3v) is 1.81. The van der Waals surface area contributed by atoms with Gasteiger partial charge >= 0.3 is 0 Å². The van der Waals surface area contributed by atoms with Crippen LogP contribution in [-0.4, -0.2) is 6.26 Å². The van der Waals surface area contributed by atoms with Crippen molar-refractivity contribution in [2.24, 2.45) is 5.92 Å². The minimum absolute atomic E-state index is 0.360. The highest BCUT2D eigenvalue weighted by Gasteiger charge is 1.83. The summed E-state index contributed by atoms with van der Waals surface area (Å²) >= 11 is 3.53. The van der Waals surface area contributed by atoms with Crippen LogP contribution in [-0.2, 0) is 6.67 Å². The molecule has 0 heterocycles. The minimum Gasteiger partial charge on any atom is -0.246 e. The fraction of sp³-hybridized carbons (Fsp3) is 0.538. The molecule has 2 heteroatoms. The van der Waals surface area contributed by atoms with E-state index in [4.69, 9.17) is 0 Å². The zero-order valence-corrected chi connectivity index (χ0v) is 11.1. The van der Waals surface area contributed by atoms with Crippen molar-refractivity contribution in [1.82, 2.24) is 0 Å². The van der Waals surface area contributed by atoms with Crippen LogP contribution in [0.25, 0.3) is 0 Å². The maximum absolute atomic E-state index is 11.7. The molecule has 0 nitrogen and oxygen atoms in total. The summed E-state index contributed by atoms with van der Waals surface area (Å²) in [4.78, 5) is 0. The summed E-state index contributed by atoms with van der Waals surface area (Å²) in [5, 5.41) is 0. The lowest BCUT2D eigenvalue weighted by molar-refractivity contribution is 0.485. The average molecular weight is 230 g/mol. The van der Waals surface area contributed by atoms with Crippen LogP contribution < -0.4 is 0 Å². The summed E-state index contributed by atoms with van der Waals surface area (Å²) in [5.74, 6) is 0.884. The molecule has 0 fully saturated rings. The van der Waals surface area contributed by atoms with Crippen molar-refractivity contribution in [3.63, 3.8) is 0 Å². The van der Waals surface area contributed by atoms with E-state index in [1.54, 1.807) is 18.4 Å². The number of hydrogen-bond donors (Lipinski definition) is 1. The van der Waals surface area contributed by atoms with E-state index in [0.717, 1.165) is 11.5 Å². The summed E-state index contributed by atoms with van der Waals surface area (Å²) in [7, 11) is 0. The molecule has 1 rings (SSSR count). The highest BCUT2D eigenvalue weighted by atomic mass is 32.1. The second-order valence-corrected chi connectivity index (χ2v) is 3.42. The zero-order chi connectivity index (χ0) is 12.1. The number of benzene rings is 1. The molecule has 1 aromatic carbocycles. The van der Waals surface area contributed by atoms with E-state index < -0.39 is 0 Å². The van der Waals surface area contributed by atoms with Gasteiger partial charge in [-0.05, 0) is 17.7 Å². The largest absolute Gasteiger partial charge is 0.246 e. The standard InChI is InChI=1S/C7H7F.C5H12.CH4S/c8-6-7-4-2-1-3-5-7;1-4-5(2)3;1-2/h1-5H,6H2;5H,4H2,1-3H3;2H,1H3. The molecule has 0 N–H and O–H groups in total. The second-order valence-electron chi connectivity index (χ2n) is 3.42. The molecule has 0 spiro atoms. The van der Waals surface area contributed by atoms with Crippen LogP contribution >= 0.6 is 12.6 Å². The Morgan fingerprint density at radius 1 is 1.13 bits per heavy atom. The summed E-state index contributed by atoms with van der Waals surface area (Å²) in [6, 6.07) is 9.06. The molecule has 1 aromatic rings. The Kier molecular flexibility index (Phi) is 15.2. The molecule has 0 aliphatic carbocycles. The monoisotopic (exact) mass is 230 g/mol. The second kappa shape index (κ2) is 13.5. The van der Waals surface area contributed by atoms with E-state index in [9.17, 15) is 4.39 Å². The predicted octanol–water partition coefficient (Wildman–Crippen LogP) is 4.75. The molecule has 15 heavy (non-hydrogen) atoms. The SMILES string of the molecule is CCC(C)C.CS.FCc1ccccc1. The van der Waals surface area contributed by atoms with Gasteiger partial charge in [0.05, 0.1) is 0 Å². The van der Waals surface area contributed by atoms with Crippen molar-refractivity contribution in [1.29, 1.82) is 0 Å². The lowest BCUT2D eigenvalue weighted by Crippen LogP contribution is -1.77. The molecule has 88 valence electrons. The average Bonchev–Trinajstić information content (AvgIpc) is 2.33. The predicted molar refractivity (Wildman–Crippen MR) is 71.3 cm³/mol. The van der Waals surface area contributed by atoms with Crippen LogP contribution in [0.15, 0.2) is 30.3 Å². The van der Waals surface area contributed by atoms with Gasteiger partial charge in [0.1, 0.15) is 6.67 Å². The van der Waals surface area contributed by atoms with Gasteiger partial charge in [-0.3, -0.25) is 0 Å². The van der Waals surface area contributed by atoms with Crippen LogP contribution in [0.5, 0.6) is 0 Å². The maximum atomic E-state index is 11.7. The number of rotatable bonds is 2. The molecule has 0 amide bonds. The molecular formula is C13H23FS. The van der Waals surface area contributed by atoms with Crippen LogP contribution in [0.2, 0.25) is 0 Å². The van der Waals surface area contributed by atoms with Crippen molar-refractivity contribution in [2.45, 2.75) is 33.9 Å². The van der Waals surface area contributed by atoms with Crippen LogP contribution in [0, 0.1) is 5.92 Å². The highest BCUT2D eigenvalue weighted by molar-refractivity contribution is 7.79. The van der Waals surface area contributed by atoms with Crippen LogP contribution in [0.3, 0.4) is 0 Å². The molecule has 0 saturated heterocycles. The molecule has 0 aliphatic rings.